The number of amides is 1. The Hall–Kier alpha value is -3.73. The van der Waals surface area contributed by atoms with E-state index in [4.69, 9.17) is 4.74 Å². The minimum absolute atomic E-state index is 0.00566. The van der Waals surface area contributed by atoms with Crippen molar-refractivity contribution in [2.75, 3.05) is 0 Å². The van der Waals surface area contributed by atoms with E-state index in [2.05, 4.69) is 5.32 Å². The molecule has 3 aromatic carbocycles. The Morgan fingerprint density at radius 1 is 0.793 bits per heavy atom. The fraction of sp³-hybridized carbons (Fsp3) is 0.125. The van der Waals surface area contributed by atoms with Crippen LogP contribution in [-0.2, 0) is 9.59 Å². The summed E-state index contributed by atoms with van der Waals surface area (Å²) in [6, 6.07) is 24.2. The number of hydrogen-bond acceptors (Lipinski definition) is 4. The van der Waals surface area contributed by atoms with E-state index < -0.39 is 12.0 Å². The monoisotopic (exact) mass is 387 g/mol. The Balaban J connectivity index is 1.65. The van der Waals surface area contributed by atoms with Gasteiger partial charge in [-0.05, 0) is 29.8 Å². The molecule has 0 fully saturated rings. The van der Waals surface area contributed by atoms with Crippen molar-refractivity contribution in [3.8, 4) is 5.75 Å². The number of hydrogen-bond donors (Lipinski definition) is 1. The predicted molar refractivity (Wildman–Crippen MR) is 110 cm³/mol. The lowest BCUT2D eigenvalue weighted by atomic mass is 10.0. The summed E-state index contributed by atoms with van der Waals surface area (Å²) >= 11 is 0. The maximum absolute atomic E-state index is 12.4. The highest BCUT2D eigenvalue weighted by Crippen LogP contribution is 2.20. The van der Waals surface area contributed by atoms with Gasteiger partial charge in [0.15, 0.2) is 5.78 Å². The third-order valence-corrected chi connectivity index (χ3v) is 4.33. The first kappa shape index (κ1) is 20.0. The van der Waals surface area contributed by atoms with Gasteiger partial charge in [-0.1, -0.05) is 60.7 Å². The number of rotatable bonds is 7. The van der Waals surface area contributed by atoms with E-state index in [9.17, 15) is 14.4 Å². The normalized spacial score (nSPS) is 11.3. The quantitative estimate of drug-likeness (QED) is 0.376. The van der Waals surface area contributed by atoms with Crippen LogP contribution < -0.4 is 10.1 Å². The lowest BCUT2D eigenvalue weighted by Crippen LogP contribution is -2.29. The fourth-order valence-corrected chi connectivity index (χ4v) is 2.95. The highest BCUT2D eigenvalue weighted by Gasteiger charge is 2.18. The first-order valence-corrected chi connectivity index (χ1v) is 9.25. The van der Waals surface area contributed by atoms with E-state index in [1.807, 2.05) is 48.5 Å². The van der Waals surface area contributed by atoms with Crippen molar-refractivity contribution in [3.05, 3.63) is 102 Å². The smallest absolute Gasteiger partial charge is 0.313 e. The van der Waals surface area contributed by atoms with Crippen LogP contribution in [0.2, 0.25) is 0 Å². The van der Waals surface area contributed by atoms with Crippen LogP contribution in [0.5, 0.6) is 5.75 Å². The molecule has 5 nitrogen and oxygen atoms in total. The van der Waals surface area contributed by atoms with Crippen molar-refractivity contribution < 1.29 is 19.1 Å². The van der Waals surface area contributed by atoms with Gasteiger partial charge in [-0.25, -0.2) is 0 Å². The van der Waals surface area contributed by atoms with Gasteiger partial charge >= 0.3 is 5.97 Å². The van der Waals surface area contributed by atoms with E-state index in [-0.39, 0.29) is 18.1 Å². The molecule has 0 aliphatic heterocycles. The topological polar surface area (TPSA) is 72.5 Å². The lowest BCUT2D eigenvalue weighted by Gasteiger charge is -2.17. The highest BCUT2D eigenvalue weighted by atomic mass is 16.5. The molecule has 0 aromatic heterocycles. The molecule has 29 heavy (non-hydrogen) atoms. The first-order valence-electron chi connectivity index (χ1n) is 9.25. The van der Waals surface area contributed by atoms with Crippen LogP contribution in [0, 0.1) is 0 Å². The number of nitrogens with one attached hydrogen (secondary N) is 1. The SMILES string of the molecule is CC(=O)N[C@H](CC(=O)Oc1ccc(C(=O)c2ccccc2)cc1)c1ccccc1. The molecule has 3 aromatic rings. The van der Waals surface area contributed by atoms with Gasteiger partial charge in [0, 0.05) is 18.1 Å². The van der Waals surface area contributed by atoms with Crippen LogP contribution in [-0.4, -0.2) is 17.7 Å². The molecule has 5 heteroatoms. The zero-order valence-corrected chi connectivity index (χ0v) is 16.0. The molecule has 0 spiro atoms. The van der Waals surface area contributed by atoms with Gasteiger partial charge in [0.2, 0.25) is 5.91 Å². The fourth-order valence-electron chi connectivity index (χ4n) is 2.95. The zero-order chi connectivity index (χ0) is 20.6. The van der Waals surface area contributed by atoms with Crippen LogP contribution in [0.1, 0.15) is 40.9 Å². The summed E-state index contributed by atoms with van der Waals surface area (Å²) in [5.74, 6) is -0.460. The summed E-state index contributed by atoms with van der Waals surface area (Å²) in [6.07, 6.45) is -0.00566. The van der Waals surface area contributed by atoms with E-state index in [0.29, 0.717) is 16.9 Å². The molecule has 0 aliphatic carbocycles. The number of ether oxygens (including phenoxy) is 1. The number of ketones is 1. The first-order chi connectivity index (χ1) is 14.0. The molecule has 0 bridgehead atoms. The van der Waals surface area contributed by atoms with Crippen molar-refractivity contribution in [1.82, 2.24) is 5.32 Å². The van der Waals surface area contributed by atoms with Crippen molar-refractivity contribution in [2.24, 2.45) is 0 Å². The van der Waals surface area contributed by atoms with Crippen molar-refractivity contribution in [3.63, 3.8) is 0 Å². The zero-order valence-electron chi connectivity index (χ0n) is 16.0. The van der Waals surface area contributed by atoms with Gasteiger partial charge < -0.3 is 10.1 Å². The molecule has 0 unspecified atom stereocenters. The van der Waals surface area contributed by atoms with Gasteiger partial charge in [0.05, 0.1) is 12.5 Å². The van der Waals surface area contributed by atoms with Crippen molar-refractivity contribution >= 4 is 17.7 Å². The minimum atomic E-state index is -0.477. The van der Waals surface area contributed by atoms with Gasteiger partial charge in [-0.3, -0.25) is 14.4 Å². The second-order valence-corrected chi connectivity index (χ2v) is 6.56. The number of esters is 1. The molecule has 0 heterocycles. The van der Waals surface area contributed by atoms with E-state index >= 15 is 0 Å². The third-order valence-electron chi connectivity index (χ3n) is 4.33. The van der Waals surface area contributed by atoms with E-state index in [1.54, 1.807) is 36.4 Å². The molecule has 0 radical (unpaired) electrons. The summed E-state index contributed by atoms with van der Waals surface area (Å²) in [5, 5.41) is 2.77. The Kier molecular flexibility index (Phi) is 6.53. The standard InChI is InChI=1S/C24H21NO4/c1-17(26)25-22(18-8-4-2-5-9-18)16-23(27)29-21-14-12-20(13-15-21)24(28)19-10-6-3-7-11-19/h2-15,22H,16H2,1H3,(H,25,26)/t22-/m1/s1. The Morgan fingerprint density at radius 3 is 1.93 bits per heavy atom. The molecular formula is C24H21NO4. The molecular weight excluding hydrogens is 366 g/mol. The third kappa shape index (κ3) is 5.62. The molecule has 0 aliphatic rings. The Bertz CT molecular complexity index is 982. The van der Waals surface area contributed by atoms with E-state index in [0.717, 1.165) is 5.56 Å². The maximum atomic E-state index is 12.4. The largest absolute Gasteiger partial charge is 0.426 e. The second-order valence-electron chi connectivity index (χ2n) is 6.56. The van der Waals surface area contributed by atoms with Crippen LogP contribution >= 0.6 is 0 Å². The van der Waals surface area contributed by atoms with Gasteiger partial charge in [-0.2, -0.15) is 0 Å². The van der Waals surface area contributed by atoms with Crippen LogP contribution in [0.15, 0.2) is 84.9 Å². The lowest BCUT2D eigenvalue weighted by molar-refractivity contribution is -0.135. The predicted octanol–water partition coefficient (Wildman–Crippen LogP) is 4.09. The summed E-state index contributed by atoms with van der Waals surface area (Å²) in [4.78, 5) is 36.3. The molecule has 1 amide bonds. The average molecular weight is 387 g/mol. The van der Waals surface area contributed by atoms with Gasteiger partial charge in [0.25, 0.3) is 0 Å². The number of benzene rings is 3. The Morgan fingerprint density at radius 2 is 1.34 bits per heavy atom. The molecule has 146 valence electrons. The Labute approximate surface area is 169 Å². The van der Waals surface area contributed by atoms with Crippen molar-refractivity contribution in [2.45, 2.75) is 19.4 Å². The van der Waals surface area contributed by atoms with Crippen LogP contribution in [0.3, 0.4) is 0 Å². The number of carbonyl (C=O) groups is 3. The molecule has 1 N–H and O–H groups in total. The summed E-state index contributed by atoms with van der Waals surface area (Å²) in [6.45, 7) is 1.41. The summed E-state index contributed by atoms with van der Waals surface area (Å²) in [5.41, 5.74) is 1.93. The molecule has 3 rings (SSSR count). The minimum Gasteiger partial charge on any atom is -0.426 e. The number of carbonyl (C=O) groups excluding carboxylic acids is 3. The van der Waals surface area contributed by atoms with Gasteiger partial charge in [0.1, 0.15) is 5.75 Å². The van der Waals surface area contributed by atoms with Crippen LogP contribution in [0.4, 0.5) is 0 Å². The summed E-state index contributed by atoms with van der Waals surface area (Å²) < 4.78 is 5.39. The van der Waals surface area contributed by atoms with E-state index in [1.165, 1.54) is 6.92 Å². The van der Waals surface area contributed by atoms with Crippen molar-refractivity contribution in [1.29, 1.82) is 0 Å². The summed E-state index contributed by atoms with van der Waals surface area (Å²) in [7, 11) is 0. The molecule has 0 saturated heterocycles. The van der Waals surface area contributed by atoms with Gasteiger partial charge in [-0.15, -0.1) is 0 Å². The average Bonchev–Trinajstić information content (AvgIpc) is 2.74. The highest BCUT2D eigenvalue weighted by molar-refractivity contribution is 6.09. The van der Waals surface area contributed by atoms with Crippen LogP contribution in [0.25, 0.3) is 0 Å². The molecule has 1 atom stereocenters. The maximum Gasteiger partial charge on any atom is 0.313 e. The second kappa shape index (κ2) is 9.46. The molecule has 0 saturated carbocycles.